The minimum Gasteiger partial charge on any atom is -0.489 e. The quantitative estimate of drug-likeness (QED) is 0.248. The van der Waals surface area contributed by atoms with Crippen molar-refractivity contribution in [1.29, 1.82) is 0 Å². The maximum absolute atomic E-state index is 14.3. The molecule has 0 spiro atoms. The monoisotopic (exact) mass is 728 g/mol. The summed E-state index contributed by atoms with van der Waals surface area (Å²) in [4.78, 5) is 16.3. The summed E-state index contributed by atoms with van der Waals surface area (Å²) < 4.78 is 38.9. The minimum atomic E-state index is -1.71. The Kier molecular flexibility index (Phi) is 13.4. The summed E-state index contributed by atoms with van der Waals surface area (Å²) in [7, 11) is 5.37. The van der Waals surface area contributed by atoms with E-state index in [1.54, 1.807) is 27.7 Å². The molecule has 4 aliphatic heterocycles. The number of amides is 1. The summed E-state index contributed by atoms with van der Waals surface area (Å²) in [5.41, 5.74) is -2.83. The van der Waals surface area contributed by atoms with Gasteiger partial charge in [-0.1, -0.05) is 34.1 Å². The molecule has 4 rings (SSSR count). The van der Waals surface area contributed by atoms with E-state index in [0.717, 1.165) is 5.57 Å². The predicted octanol–water partition coefficient (Wildman–Crippen LogP) is 2.86. The second-order valence-corrected chi connectivity index (χ2v) is 16.9. The third-order valence-electron chi connectivity index (χ3n) is 12.3. The Hall–Kier alpha value is -1.39. The van der Waals surface area contributed by atoms with E-state index < -0.39 is 89.8 Å². The lowest BCUT2D eigenvalue weighted by Gasteiger charge is -2.48. The summed E-state index contributed by atoms with van der Waals surface area (Å²) in [5.74, 6) is -1.83. The van der Waals surface area contributed by atoms with Crippen LogP contribution in [0.3, 0.4) is 0 Å². The Balaban J connectivity index is 1.85. The molecule has 13 nitrogen and oxygen atoms in total. The van der Waals surface area contributed by atoms with Crippen molar-refractivity contribution in [3.8, 4) is 0 Å². The van der Waals surface area contributed by atoms with Gasteiger partial charge in [0.2, 0.25) is 5.91 Å². The van der Waals surface area contributed by atoms with Crippen LogP contribution in [0.4, 0.5) is 0 Å². The third-order valence-corrected chi connectivity index (χ3v) is 12.3. The molecule has 0 aliphatic carbocycles. The van der Waals surface area contributed by atoms with E-state index in [9.17, 15) is 25.2 Å². The molecule has 51 heavy (non-hydrogen) atoms. The maximum Gasteiger partial charge on any atom is 0.225 e. The molecule has 0 aromatic heterocycles. The van der Waals surface area contributed by atoms with Gasteiger partial charge in [0.15, 0.2) is 12.6 Å². The Labute approximate surface area is 305 Å². The zero-order chi connectivity index (χ0) is 38.4. The number of hydrogen-bond donors (Lipinski definition) is 5. The van der Waals surface area contributed by atoms with Gasteiger partial charge in [0.25, 0.3) is 0 Å². The van der Waals surface area contributed by atoms with Gasteiger partial charge in [-0.25, -0.2) is 0 Å². The first kappa shape index (κ1) is 42.4. The average Bonchev–Trinajstić information content (AvgIpc) is 3.38. The van der Waals surface area contributed by atoms with Gasteiger partial charge in [-0.15, -0.1) is 0 Å². The Bertz CT molecular complexity index is 1230. The minimum absolute atomic E-state index is 0.194. The molecule has 17 atom stereocenters. The summed E-state index contributed by atoms with van der Waals surface area (Å²) in [5, 5.41) is 49.3. The van der Waals surface area contributed by atoms with Crippen molar-refractivity contribution in [2.75, 3.05) is 21.2 Å². The standard InChI is InChI=1S/C38H68N2O11/c1-14-15-26-38(10,45)31(42)21(4)29-19(2)17-37(9,51-29)33(50-35-28(41)25(40(11)12)16-20(3)47-35)22(5)30(23(6)34(44)39-26)49-27-18-36(8,46-13)32(43)24(7)48-27/h20-28,30-33,35,41-43,45H,14-18H2,1-13H3,(H,39,44)/t20-,21-,22+,23-,24+,25+,26?,27?,28-,30+,31-,32?,33-,35?,36-,37-,38-/m1/s1. The number of nitrogens with zero attached hydrogens (tertiary/aromatic N) is 1. The van der Waals surface area contributed by atoms with Crippen molar-refractivity contribution < 1.29 is 53.6 Å². The summed E-state index contributed by atoms with van der Waals surface area (Å²) in [6.45, 7) is 18.5. The van der Waals surface area contributed by atoms with E-state index in [-0.39, 0.29) is 24.5 Å². The van der Waals surface area contributed by atoms with Crippen LogP contribution in [0.1, 0.15) is 101 Å². The fourth-order valence-corrected chi connectivity index (χ4v) is 9.00. The van der Waals surface area contributed by atoms with Gasteiger partial charge in [0, 0.05) is 37.8 Å². The number of fused-ring (bicyclic) bond motifs is 2. The smallest absolute Gasteiger partial charge is 0.225 e. The number of ether oxygens (including phenoxy) is 6. The molecule has 4 heterocycles. The number of carbonyl (C=O) groups excluding carboxylic acids is 1. The lowest BCUT2D eigenvalue weighted by Crippen LogP contribution is -2.61. The number of nitrogens with one attached hydrogen (secondary N) is 1. The van der Waals surface area contributed by atoms with Crippen molar-refractivity contribution in [3.63, 3.8) is 0 Å². The number of aliphatic hydroxyl groups is 4. The normalized spacial score (nSPS) is 48.8. The molecule has 0 aromatic carbocycles. The van der Waals surface area contributed by atoms with Crippen LogP contribution in [0.2, 0.25) is 0 Å². The van der Waals surface area contributed by atoms with E-state index >= 15 is 0 Å². The Morgan fingerprint density at radius 3 is 2.22 bits per heavy atom. The van der Waals surface area contributed by atoms with Gasteiger partial charge in [0.1, 0.15) is 35.3 Å². The SMILES string of the molecule is CCCC1NC(=O)[C@H](C)[C@@H](OC2C[C@@](C)(OC)C(O)[C@H](C)O2)[C@H](C)[C@@H](OC2O[C@H](C)C[C@H](N(C)C)[C@H]2O)[C@@]2(C)CC(C)=C(O2)[C@@H](C)[C@@H](O)[C@]1(C)O. The molecule has 3 saturated heterocycles. The number of hydrogen-bond acceptors (Lipinski definition) is 12. The van der Waals surface area contributed by atoms with E-state index in [2.05, 4.69) is 5.32 Å². The Morgan fingerprint density at radius 2 is 1.63 bits per heavy atom. The number of carbonyl (C=O) groups is 1. The van der Waals surface area contributed by atoms with Crippen LogP contribution in [0.15, 0.2) is 11.3 Å². The second-order valence-electron chi connectivity index (χ2n) is 16.9. The van der Waals surface area contributed by atoms with Crippen LogP contribution in [0.5, 0.6) is 0 Å². The molecule has 2 bridgehead atoms. The van der Waals surface area contributed by atoms with Crippen LogP contribution >= 0.6 is 0 Å². The van der Waals surface area contributed by atoms with E-state index in [4.69, 9.17) is 28.4 Å². The van der Waals surface area contributed by atoms with E-state index in [0.29, 0.717) is 31.4 Å². The van der Waals surface area contributed by atoms with Crippen molar-refractivity contribution in [3.05, 3.63) is 11.3 Å². The molecule has 0 saturated carbocycles. The van der Waals surface area contributed by atoms with Gasteiger partial charge >= 0.3 is 0 Å². The molecule has 13 heteroatoms. The van der Waals surface area contributed by atoms with Crippen LogP contribution in [-0.4, -0.2) is 137 Å². The molecule has 1 amide bonds. The molecular weight excluding hydrogens is 660 g/mol. The van der Waals surface area contributed by atoms with Crippen LogP contribution < -0.4 is 5.32 Å². The molecule has 0 aromatic rings. The lowest BCUT2D eigenvalue weighted by molar-refractivity contribution is -0.316. The summed E-state index contributed by atoms with van der Waals surface area (Å²) in [6.07, 6.45) is -5.22. The molecule has 5 N–H and O–H groups in total. The van der Waals surface area contributed by atoms with Gasteiger partial charge in [0.05, 0.1) is 42.0 Å². The van der Waals surface area contributed by atoms with Gasteiger partial charge in [-0.2, -0.15) is 0 Å². The molecular formula is C38H68N2O11. The first-order valence-corrected chi connectivity index (χ1v) is 18.9. The highest BCUT2D eigenvalue weighted by atomic mass is 16.7. The predicted molar refractivity (Wildman–Crippen MR) is 190 cm³/mol. The van der Waals surface area contributed by atoms with Crippen LogP contribution in [-0.2, 0) is 33.2 Å². The molecule has 3 fully saturated rings. The number of likely N-dealkylation sites (N-methyl/N-ethyl adjacent to an activating group) is 1. The molecule has 4 aliphatic rings. The zero-order valence-electron chi connectivity index (χ0n) is 33.2. The van der Waals surface area contributed by atoms with Crippen molar-refractivity contribution in [1.82, 2.24) is 10.2 Å². The van der Waals surface area contributed by atoms with Crippen molar-refractivity contribution in [2.24, 2.45) is 17.8 Å². The van der Waals surface area contributed by atoms with Gasteiger partial charge < -0.3 is 59.1 Å². The summed E-state index contributed by atoms with van der Waals surface area (Å²) >= 11 is 0. The molecule has 296 valence electrons. The number of rotatable bonds is 8. The molecule has 0 radical (unpaired) electrons. The lowest BCUT2D eigenvalue weighted by atomic mass is 9.77. The highest BCUT2D eigenvalue weighted by Crippen LogP contribution is 2.47. The van der Waals surface area contributed by atoms with Gasteiger partial charge in [-0.3, -0.25) is 4.79 Å². The second kappa shape index (κ2) is 16.1. The first-order valence-electron chi connectivity index (χ1n) is 18.9. The van der Waals surface area contributed by atoms with Crippen LogP contribution in [0.25, 0.3) is 0 Å². The van der Waals surface area contributed by atoms with Crippen LogP contribution in [0, 0.1) is 17.8 Å². The molecule has 4 unspecified atom stereocenters. The Morgan fingerprint density at radius 1 is 0.980 bits per heavy atom. The average molecular weight is 729 g/mol. The van der Waals surface area contributed by atoms with Gasteiger partial charge in [-0.05, 0) is 74.1 Å². The maximum atomic E-state index is 14.3. The largest absolute Gasteiger partial charge is 0.489 e. The highest BCUT2D eigenvalue weighted by Gasteiger charge is 2.55. The first-order chi connectivity index (χ1) is 23.6. The van der Waals surface area contributed by atoms with E-state index in [1.807, 2.05) is 60.5 Å². The fourth-order valence-electron chi connectivity index (χ4n) is 9.00. The third kappa shape index (κ3) is 8.48. The topological polar surface area (TPSA) is 169 Å². The fraction of sp³-hybridized carbons (Fsp3) is 0.921. The van der Waals surface area contributed by atoms with E-state index in [1.165, 1.54) is 7.11 Å². The van der Waals surface area contributed by atoms with Crippen molar-refractivity contribution in [2.45, 2.75) is 186 Å². The number of methoxy groups -OCH3 is 1. The number of aliphatic hydroxyl groups excluding tert-OH is 3. The summed E-state index contributed by atoms with van der Waals surface area (Å²) in [6, 6.07) is -1.00. The highest BCUT2D eigenvalue weighted by molar-refractivity contribution is 5.79. The zero-order valence-corrected chi connectivity index (χ0v) is 33.2. The van der Waals surface area contributed by atoms with Crippen molar-refractivity contribution >= 4 is 5.91 Å².